The van der Waals surface area contributed by atoms with Gasteiger partial charge in [0.05, 0.1) is 0 Å². The Morgan fingerprint density at radius 3 is 2.78 bits per heavy atom. The molecular formula is C5H7NO2S. The van der Waals surface area contributed by atoms with Crippen molar-refractivity contribution in [3.05, 3.63) is 10.5 Å². The molecule has 0 unspecified atom stereocenters. The normalized spacial score (nSPS) is 18.8. The van der Waals surface area contributed by atoms with Crippen LogP contribution >= 0.6 is 11.9 Å². The molecule has 9 heavy (non-hydrogen) atoms. The van der Waals surface area contributed by atoms with Crippen molar-refractivity contribution in [2.24, 2.45) is 0 Å². The third-order valence-corrected chi connectivity index (χ3v) is 2.11. The van der Waals surface area contributed by atoms with E-state index in [2.05, 4.69) is 4.72 Å². The summed E-state index contributed by atoms with van der Waals surface area (Å²) >= 11 is 1.19. The topological polar surface area (TPSA) is 49.3 Å². The molecule has 0 aromatic rings. The predicted octanol–water partition coefficient (Wildman–Crippen LogP) is 0.596. The average Bonchev–Trinajstić information content (AvgIpc) is 2.13. The van der Waals surface area contributed by atoms with Gasteiger partial charge in [0.1, 0.15) is 4.91 Å². The lowest BCUT2D eigenvalue weighted by Crippen LogP contribution is -1.96. The molecule has 0 radical (unpaired) electrons. The summed E-state index contributed by atoms with van der Waals surface area (Å²) in [6.07, 6.45) is 0. The zero-order valence-electron chi connectivity index (χ0n) is 4.97. The Bertz CT molecular complexity index is 176. The van der Waals surface area contributed by atoms with Crippen molar-refractivity contribution in [3.63, 3.8) is 0 Å². The number of hydrogen-bond donors (Lipinski definition) is 2. The highest BCUT2D eigenvalue weighted by Crippen LogP contribution is 2.22. The van der Waals surface area contributed by atoms with E-state index >= 15 is 0 Å². The van der Waals surface area contributed by atoms with E-state index < -0.39 is 5.97 Å². The van der Waals surface area contributed by atoms with Crippen LogP contribution in [0, 0.1) is 0 Å². The van der Waals surface area contributed by atoms with Gasteiger partial charge < -0.3 is 5.11 Å². The second kappa shape index (κ2) is 2.41. The molecule has 0 aromatic heterocycles. The van der Waals surface area contributed by atoms with Gasteiger partial charge in [-0.05, 0) is 24.4 Å². The first-order valence-electron chi connectivity index (χ1n) is 2.54. The summed E-state index contributed by atoms with van der Waals surface area (Å²) in [5.41, 5.74) is 0.910. The third-order valence-electron chi connectivity index (χ3n) is 1.09. The number of carboxylic acid groups (broad SMARTS) is 1. The summed E-state index contributed by atoms with van der Waals surface area (Å²) < 4.78 is 2.87. The summed E-state index contributed by atoms with van der Waals surface area (Å²) in [7, 11) is 0. The van der Waals surface area contributed by atoms with Gasteiger partial charge in [0.25, 0.3) is 0 Å². The Morgan fingerprint density at radius 2 is 2.56 bits per heavy atom. The monoisotopic (exact) mass is 145 g/mol. The number of carbonyl (C=O) groups is 1. The van der Waals surface area contributed by atoms with Gasteiger partial charge >= 0.3 is 5.97 Å². The van der Waals surface area contributed by atoms with E-state index in [1.165, 1.54) is 11.9 Å². The zero-order chi connectivity index (χ0) is 6.85. The SMILES string of the molecule is CC1=C(C(=O)O)SNC1. The maximum absolute atomic E-state index is 10.3. The molecule has 0 saturated heterocycles. The molecule has 4 heteroatoms. The molecule has 0 aromatic carbocycles. The standard InChI is InChI=1S/C5H7NO2S/c1-3-2-6-9-4(3)5(7)8/h6H,2H2,1H3,(H,7,8). The minimum Gasteiger partial charge on any atom is -0.477 e. The van der Waals surface area contributed by atoms with Crippen LogP contribution < -0.4 is 4.72 Å². The number of aliphatic carboxylic acids is 1. The number of hydrogen-bond acceptors (Lipinski definition) is 3. The quantitative estimate of drug-likeness (QED) is 0.530. The highest BCUT2D eigenvalue weighted by atomic mass is 32.2. The lowest BCUT2D eigenvalue weighted by Gasteiger charge is -1.89. The van der Waals surface area contributed by atoms with Crippen LogP contribution in [0.2, 0.25) is 0 Å². The van der Waals surface area contributed by atoms with Gasteiger partial charge in [0.2, 0.25) is 0 Å². The summed E-state index contributed by atoms with van der Waals surface area (Å²) in [6, 6.07) is 0. The summed E-state index contributed by atoms with van der Waals surface area (Å²) in [5, 5.41) is 8.46. The Morgan fingerprint density at radius 1 is 1.89 bits per heavy atom. The molecule has 1 heterocycles. The smallest absolute Gasteiger partial charge is 0.343 e. The average molecular weight is 145 g/mol. The molecule has 1 aliphatic heterocycles. The van der Waals surface area contributed by atoms with Crippen LogP contribution in [0.1, 0.15) is 6.92 Å². The fourth-order valence-electron chi connectivity index (χ4n) is 0.610. The van der Waals surface area contributed by atoms with Gasteiger partial charge in [-0.1, -0.05) is 0 Å². The minimum absolute atomic E-state index is 0.440. The van der Waals surface area contributed by atoms with Crippen molar-refractivity contribution in [1.82, 2.24) is 4.72 Å². The summed E-state index contributed by atoms with van der Waals surface area (Å²) in [6.45, 7) is 2.50. The van der Waals surface area contributed by atoms with Crippen molar-refractivity contribution >= 4 is 17.9 Å². The van der Waals surface area contributed by atoms with E-state index in [0.29, 0.717) is 11.4 Å². The van der Waals surface area contributed by atoms with Crippen molar-refractivity contribution in [2.45, 2.75) is 6.92 Å². The fourth-order valence-corrected chi connectivity index (χ4v) is 1.38. The molecule has 0 aliphatic carbocycles. The molecule has 0 saturated carbocycles. The second-order valence-electron chi connectivity index (χ2n) is 1.84. The highest BCUT2D eigenvalue weighted by Gasteiger charge is 2.16. The Hall–Kier alpha value is -0.480. The van der Waals surface area contributed by atoms with Gasteiger partial charge in [0.15, 0.2) is 0 Å². The van der Waals surface area contributed by atoms with Crippen molar-refractivity contribution < 1.29 is 9.90 Å². The molecule has 3 nitrogen and oxygen atoms in total. The largest absolute Gasteiger partial charge is 0.477 e. The lowest BCUT2D eigenvalue weighted by molar-refractivity contribution is -0.131. The van der Waals surface area contributed by atoms with Gasteiger partial charge in [-0.25, -0.2) is 4.79 Å². The fraction of sp³-hybridized carbons (Fsp3) is 0.400. The molecule has 0 bridgehead atoms. The van der Waals surface area contributed by atoms with Crippen LogP contribution in [0.3, 0.4) is 0 Å². The summed E-state index contributed by atoms with van der Waals surface area (Å²) in [4.78, 5) is 10.7. The Labute approximate surface area is 57.3 Å². The first-order valence-corrected chi connectivity index (χ1v) is 3.36. The number of nitrogens with one attached hydrogen (secondary N) is 1. The van der Waals surface area contributed by atoms with E-state index in [-0.39, 0.29) is 0 Å². The van der Waals surface area contributed by atoms with Crippen LogP contribution in [0.25, 0.3) is 0 Å². The van der Waals surface area contributed by atoms with Crippen LogP contribution in [-0.2, 0) is 4.79 Å². The van der Waals surface area contributed by atoms with E-state index in [1.54, 1.807) is 0 Å². The molecule has 50 valence electrons. The van der Waals surface area contributed by atoms with Crippen LogP contribution in [-0.4, -0.2) is 17.6 Å². The molecule has 0 amide bonds. The van der Waals surface area contributed by atoms with Gasteiger partial charge in [-0.3, -0.25) is 4.72 Å². The van der Waals surface area contributed by atoms with Crippen molar-refractivity contribution in [2.75, 3.05) is 6.54 Å². The first kappa shape index (κ1) is 6.64. The van der Waals surface area contributed by atoms with E-state index in [0.717, 1.165) is 5.57 Å². The van der Waals surface area contributed by atoms with Crippen molar-refractivity contribution in [1.29, 1.82) is 0 Å². The number of carboxylic acids is 1. The van der Waals surface area contributed by atoms with Gasteiger partial charge in [-0.2, -0.15) is 0 Å². The van der Waals surface area contributed by atoms with E-state index in [1.807, 2.05) is 6.92 Å². The van der Waals surface area contributed by atoms with Gasteiger partial charge in [-0.15, -0.1) is 0 Å². The predicted molar refractivity (Wildman–Crippen MR) is 35.9 cm³/mol. The van der Waals surface area contributed by atoms with Crippen LogP contribution in [0.4, 0.5) is 0 Å². The molecule has 0 fully saturated rings. The molecule has 0 atom stereocenters. The van der Waals surface area contributed by atoms with Gasteiger partial charge in [0, 0.05) is 6.54 Å². The Balaban J connectivity index is 2.78. The Kier molecular flexibility index (Phi) is 1.78. The molecule has 2 N–H and O–H groups in total. The molecule has 0 spiro atoms. The van der Waals surface area contributed by atoms with E-state index in [4.69, 9.17) is 5.11 Å². The first-order chi connectivity index (χ1) is 4.22. The molecule has 1 aliphatic rings. The van der Waals surface area contributed by atoms with Crippen molar-refractivity contribution in [3.8, 4) is 0 Å². The minimum atomic E-state index is -0.831. The second-order valence-corrected chi connectivity index (χ2v) is 2.74. The van der Waals surface area contributed by atoms with E-state index in [9.17, 15) is 4.79 Å². The lowest BCUT2D eigenvalue weighted by atomic mass is 10.3. The maximum Gasteiger partial charge on any atom is 0.343 e. The zero-order valence-corrected chi connectivity index (χ0v) is 5.79. The maximum atomic E-state index is 10.3. The van der Waals surface area contributed by atoms with Crippen LogP contribution in [0.15, 0.2) is 10.5 Å². The third kappa shape index (κ3) is 1.25. The molecular weight excluding hydrogens is 138 g/mol. The number of rotatable bonds is 1. The molecule has 1 rings (SSSR count). The van der Waals surface area contributed by atoms with Crippen LogP contribution in [0.5, 0.6) is 0 Å². The highest BCUT2D eigenvalue weighted by molar-refractivity contribution is 8.02. The summed E-state index contributed by atoms with van der Waals surface area (Å²) in [5.74, 6) is -0.831.